The number of benzene rings is 1. The first-order valence-electron chi connectivity index (χ1n) is 11.7. The number of Topliss-reactive ketones (excluding diaryl/α,β-unsaturated/α-hetero) is 1. The van der Waals surface area contributed by atoms with Crippen LogP contribution in [0.1, 0.15) is 55.9 Å². The predicted octanol–water partition coefficient (Wildman–Crippen LogP) is 3.09. The smallest absolute Gasteiger partial charge is 0.224 e. The summed E-state index contributed by atoms with van der Waals surface area (Å²) in [4.78, 5) is 41.2. The number of fused-ring (bicyclic) bond motifs is 1. The van der Waals surface area contributed by atoms with Crippen molar-refractivity contribution in [1.82, 2.24) is 15.6 Å². The van der Waals surface area contributed by atoms with E-state index in [1.807, 2.05) is 25.1 Å². The molecule has 0 radical (unpaired) electrons. The van der Waals surface area contributed by atoms with E-state index in [-0.39, 0.29) is 29.9 Å². The number of ketones is 1. The van der Waals surface area contributed by atoms with Crippen LogP contribution < -0.4 is 15.4 Å². The molecule has 1 aromatic heterocycles. The summed E-state index contributed by atoms with van der Waals surface area (Å²) in [6.45, 7) is 3.04. The minimum Gasteiger partial charge on any atom is -0.493 e. The average Bonchev–Trinajstić information content (AvgIpc) is 3.35. The summed E-state index contributed by atoms with van der Waals surface area (Å²) >= 11 is 0. The lowest BCUT2D eigenvalue weighted by Gasteiger charge is -2.19. The van der Waals surface area contributed by atoms with E-state index in [0.717, 1.165) is 23.7 Å². The van der Waals surface area contributed by atoms with Crippen LogP contribution in [-0.2, 0) is 9.59 Å². The zero-order valence-corrected chi connectivity index (χ0v) is 18.9. The molecule has 0 bridgehead atoms. The fraction of sp³-hybridized carbons (Fsp3) is 0.520. The van der Waals surface area contributed by atoms with Gasteiger partial charge in [-0.3, -0.25) is 14.4 Å². The molecule has 2 fully saturated rings. The molecule has 3 atom stereocenters. The second kappa shape index (κ2) is 10.1. The maximum atomic E-state index is 13.1. The molecule has 174 valence electrons. The monoisotopic (exact) mass is 450 g/mol. The Kier molecular flexibility index (Phi) is 6.97. The highest BCUT2D eigenvalue weighted by Gasteiger charge is 2.33. The third-order valence-electron chi connectivity index (χ3n) is 6.50. The van der Waals surface area contributed by atoms with Crippen molar-refractivity contribution >= 4 is 28.5 Å². The highest BCUT2D eigenvalue weighted by molar-refractivity contribution is 6.02. The second-order valence-electron chi connectivity index (χ2n) is 9.04. The van der Waals surface area contributed by atoms with E-state index in [2.05, 4.69) is 21.7 Å². The molecule has 1 aliphatic heterocycles. The average molecular weight is 451 g/mol. The van der Waals surface area contributed by atoms with E-state index < -0.39 is 12.0 Å². The number of amides is 2. The van der Waals surface area contributed by atoms with Crippen LogP contribution in [0, 0.1) is 29.1 Å². The molecule has 2 aliphatic rings. The third kappa shape index (κ3) is 5.54. The first kappa shape index (κ1) is 22.8. The van der Waals surface area contributed by atoms with Crippen LogP contribution >= 0.6 is 0 Å². The van der Waals surface area contributed by atoms with Crippen molar-refractivity contribution in [1.29, 1.82) is 5.26 Å². The summed E-state index contributed by atoms with van der Waals surface area (Å²) in [5.41, 5.74) is 1.26. The Balaban J connectivity index is 1.44. The molecular formula is C25H30N4O4. The van der Waals surface area contributed by atoms with E-state index in [1.54, 1.807) is 6.07 Å². The molecule has 0 spiro atoms. The Labute approximate surface area is 193 Å². The molecule has 4 rings (SSSR count). The van der Waals surface area contributed by atoms with Crippen LogP contribution in [0.25, 0.3) is 10.9 Å². The number of ether oxygens (including phenoxy) is 1. The Hall–Kier alpha value is -3.34. The molecular weight excluding hydrogens is 420 g/mol. The number of carbonyl (C=O) groups excluding carboxylic acids is 3. The van der Waals surface area contributed by atoms with Crippen molar-refractivity contribution in [2.75, 3.05) is 13.2 Å². The SMILES string of the molecule is CCOc1cccc2[nH]c(C(=O)CC(CC3CC3)C(=O)NC(C#N)CC3CCNC3=O)cc12. The highest BCUT2D eigenvalue weighted by atomic mass is 16.5. The number of H-pyrrole nitrogens is 1. The van der Waals surface area contributed by atoms with Crippen molar-refractivity contribution in [3.63, 3.8) is 0 Å². The number of hydrogen-bond acceptors (Lipinski definition) is 5. The largest absolute Gasteiger partial charge is 0.493 e. The van der Waals surface area contributed by atoms with Gasteiger partial charge < -0.3 is 20.4 Å². The minimum absolute atomic E-state index is 0.0700. The fourth-order valence-corrected chi connectivity index (χ4v) is 4.52. The topological polar surface area (TPSA) is 124 Å². The first-order chi connectivity index (χ1) is 16.0. The standard InChI is InChI=1S/C25H30N4O4/c1-2-33-23-5-3-4-20-19(23)13-21(29-20)22(30)12-17(10-15-6-7-15)25(32)28-18(14-26)11-16-8-9-27-24(16)31/h3-5,13,15-18,29H,2,6-12H2,1H3,(H,27,31)(H,28,32). The minimum atomic E-state index is -0.745. The Morgan fingerprint density at radius 3 is 2.76 bits per heavy atom. The normalized spacial score (nSPS) is 19.5. The van der Waals surface area contributed by atoms with Crippen LogP contribution in [0.3, 0.4) is 0 Å². The van der Waals surface area contributed by atoms with E-state index in [0.29, 0.717) is 49.8 Å². The highest BCUT2D eigenvalue weighted by Crippen LogP contribution is 2.37. The quantitative estimate of drug-likeness (QED) is 0.454. The van der Waals surface area contributed by atoms with Crippen molar-refractivity contribution < 1.29 is 19.1 Å². The Morgan fingerprint density at radius 2 is 2.09 bits per heavy atom. The molecule has 8 heteroatoms. The van der Waals surface area contributed by atoms with Crippen LogP contribution in [-0.4, -0.2) is 41.8 Å². The number of nitrogens with zero attached hydrogens (tertiary/aromatic N) is 1. The van der Waals surface area contributed by atoms with Gasteiger partial charge in [-0.2, -0.15) is 5.26 Å². The maximum Gasteiger partial charge on any atom is 0.224 e. The van der Waals surface area contributed by atoms with Gasteiger partial charge in [0.05, 0.1) is 18.4 Å². The van der Waals surface area contributed by atoms with Crippen molar-refractivity contribution in [3.8, 4) is 11.8 Å². The predicted molar refractivity (Wildman–Crippen MR) is 123 cm³/mol. The Morgan fingerprint density at radius 1 is 1.27 bits per heavy atom. The lowest BCUT2D eigenvalue weighted by molar-refractivity contribution is -0.127. The van der Waals surface area contributed by atoms with Gasteiger partial charge in [-0.1, -0.05) is 18.9 Å². The number of nitrogens with one attached hydrogen (secondary N) is 3. The van der Waals surface area contributed by atoms with Crippen LogP contribution in [0.2, 0.25) is 0 Å². The van der Waals surface area contributed by atoms with E-state index in [1.165, 1.54) is 0 Å². The van der Waals surface area contributed by atoms with Gasteiger partial charge >= 0.3 is 0 Å². The van der Waals surface area contributed by atoms with Crippen molar-refractivity contribution in [2.24, 2.45) is 17.8 Å². The number of carbonyl (C=O) groups is 3. The zero-order valence-electron chi connectivity index (χ0n) is 18.9. The molecule has 2 heterocycles. The summed E-state index contributed by atoms with van der Waals surface area (Å²) < 4.78 is 5.66. The van der Waals surface area contributed by atoms with Crippen LogP contribution in [0.15, 0.2) is 24.3 Å². The van der Waals surface area contributed by atoms with Gasteiger partial charge in [-0.05, 0) is 50.3 Å². The number of aromatic nitrogens is 1. The molecule has 33 heavy (non-hydrogen) atoms. The number of aromatic amines is 1. The molecule has 3 N–H and O–H groups in total. The van der Waals surface area contributed by atoms with Crippen molar-refractivity contribution in [3.05, 3.63) is 30.0 Å². The number of rotatable bonds is 11. The fourth-order valence-electron chi connectivity index (χ4n) is 4.52. The molecule has 1 saturated carbocycles. The van der Waals surface area contributed by atoms with Crippen LogP contribution in [0.5, 0.6) is 5.75 Å². The van der Waals surface area contributed by atoms with Gasteiger partial charge in [-0.15, -0.1) is 0 Å². The molecule has 1 aliphatic carbocycles. The molecule has 8 nitrogen and oxygen atoms in total. The summed E-state index contributed by atoms with van der Waals surface area (Å²) in [6, 6.07) is 8.77. The second-order valence-corrected chi connectivity index (χ2v) is 9.04. The summed E-state index contributed by atoms with van der Waals surface area (Å²) in [5, 5.41) is 15.9. The summed E-state index contributed by atoms with van der Waals surface area (Å²) in [5.74, 6) is -0.100. The van der Waals surface area contributed by atoms with E-state index in [4.69, 9.17) is 4.74 Å². The van der Waals surface area contributed by atoms with Gasteiger partial charge in [0.25, 0.3) is 0 Å². The molecule has 1 aromatic carbocycles. The molecule has 1 saturated heterocycles. The lowest BCUT2D eigenvalue weighted by Crippen LogP contribution is -2.40. The van der Waals surface area contributed by atoms with Gasteiger partial charge in [0.1, 0.15) is 11.8 Å². The summed E-state index contributed by atoms with van der Waals surface area (Å²) in [6.07, 6.45) is 3.78. The van der Waals surface area contributed by atoms with Gasteiger partial charge in [0.2, 0.25) is 11.8 Å². The van der Waals surface area contributed by atoms with Gasteiger partial charge in [-0.25, -0.2) is 0 Å². The van der Waals surface area contributed by atoms with Gasteiger partial charge in [0, 0.05) is 35.7 Å². The first-order valence-corrected chi connectivity index (χ1v) is 11.7. The molecule has 2 amide bonds. The Bertz CT molecular complexity index is 1080. The zero-order chi connectivity index (χ0) is 23.4. The maximum absolute atomic E-state index is 13.1. The van der Waals surface area contributed by atoms with Crippen molar-refractivity contribution in [2.45, 2.75) is 51.5 Å². The third-order valence-corrected chi connectivity index (χ3v) is 6.50. The lowest BCUT2D eigenvalue weighted by atomic mass is 9.93. The van der Waals surface area contributed by atoms with Gasteiger partial charge in [0.15, 0.2) is 5.78 Å². The number of hydrogen-bond donors (Lipinski definition) is 3. The number of nitriles is 1. The molecule has 2 aromatic rings. The van der Waals surface area contributed by atoms with E-state index in [9.17, 15) is 19.6 Å². The molecule has 3 unspecified atom stereocenters. The summed E-state index contributed by atoms with van der Waals surface area (Å²) in [7, 11) is 0. The van der Waals surface area contributed by atoms with E-state index >= 15 is 0 Å². The van der Waals surface area contributed by atoms with Crippen LogP contribution in [0.4, 0.5) is 0 Å².